The Bertz CT molecular complexity index is 1470. The molecule has 10 heteroatoms. The van der Waals surface area contributed by atoms with Crippen LogP contribution in [-0.2, 0) is 14.3 Å². The van der Waals surface area contributed by atoms with Crippen LogP contribution >= 0.6 is 11.3 Å². The van der Waals surface area contributed by atoms with Crippen LogP contribution < -0.4 is 14.4 Å². The molecule has 1 atom stereocenters. The van der Waals surface area contributed by atoms with Gasteiger partial charge in [0.05, 0.1) is 31.0 Å². The number of hydrogen-bond acceptors (Lipinski definition) is 9. The van der Waals surface area contributed by atoms with Crippen LogP contribution in [0.2, 0.25) is 0 Å². The second-order valence-electron chi connectivity index (χ2n) is 8.65. The monoisotopic (exact) mass is 548 g/mol. The summed E-state index contributed by atoms with van der Waals surface area (Å²) in [4.78, 5) is 45.3. The van der Waals surface area contributed by atoms with Crippen LogP contribution in [0.5, 0.6) is 11.5 Å². The highest BCUT2D eigenvalue weighted by Gasteiger charge is 2.48. The molecule has 39 heavy (non-hydrogen) atoms. The Labute approximate surface area is 230 Å². The van der Waals surface area contributed by atoms with E-state index in [0.717, 1.165) is 11.3 Å². The number of esters is 1. The molecule has 1 aliphatic rings. The van der Waals surface area contributed by atoms with Gasteiger partial charge in [-0.3, -0.25) is 14.5 Å². The van der Waals surface area contributed by atoms with E-state index in [1.165, 1.54) is 12.0 Å². The second kappa shape index (κ2) is 11.5. The fourth-order valence-corrected chi connectivity index (χ4v) is 5.28. The van der Waals surface area contributed by atoms with Gasteiger partial charge >= 0.3 is 11.9 Å². The van der Waals surface area contributed by atoms with E-state index in [-0.39, 0.29) is 27.9 Å². The van der Waals surface area contributed by atoms with E-state index >= 15 is 0 Å². The lowest BCUT2D eigenvalue weighted by molar-refractivity contribution is -0.132. The maximum absolute atomic E-state index is 13.5. The third kappa shape index (κ3) is 5.28. The van der Waals surface area contributed by atoms with E-state index in [1.807, 2.05) is 0 Å². The van der Waals surface area contributed by atoms with E-state index < -0.39 is 23.7 Å². The molecule has 2 aromatic carbocycles. The van der Waals surface area contributed by atoms with E-state index in [1.54, 1.807) is 69.3 Å². The first-order chi connectivity index (χ1) is 18.7. The largest absolute Gasteiger partial charge is 0.507 e. The van der Waals surface area contributed by atoms with Crippen molar-refractivity contribution < 1.29 is 33.7 Å². The zero-order valence-corrected chi connectivity index (χ0v) is 22.8. The predicted octanol–water partition coefficient (Wildman–Crippen LogP) is 5.14. The second-order valence-corrected chi connectivity index (χ2v) is 9.63. The van der Waals surface area contributed by atoms with Crippen LogP contribution in [0.15, 0.2) is 60.7 Å². The first-order valence-electron chi connectivity index (χ1n) is 12.2. The minimum Gasteiger partial charge on any atom is -0.507 e. The molecule has 1 aromatic heterocycles. The molecule has 1 fully saturated rings. The van der Waals surface area contributed by atoms with Gasteiger partial charge in [-0.25, -0.2) is 9.78 Å². The third-order valence-corrected chi connectivity index (χ3v) is 7.29. The number of ketones is 1. The van der Waals surface area contributed by atoms with E-state index in [2.05, 4.69) is 11.6 Å². The number of carbonyl (C=O) groups excluding carboxylic acids is 3. The van der Waals surface area contributed by atoms with Crippen LogP contribution in [0, 0.1) is 13.8 Å². The van der Waals surface area contributed by atoms with Gasteiger partial charge in [0.2, 0.25) is 0 Å². The van der Waals surface area contributed by atoms with Crippen molar-refractivity contribution in [2.24, 2.45) is 0 Å². The van der Waals surface area contributed by atoms with Crippen molar-refractivity contribution in [3.05, 3.63) is 88.0 Å². The smallest absolute Gasteiger partial charge is 0.350 e. The van der Waals surface area contributed by atoms with Crippen molar-refractivity contribution in [3.8, 4) is 11.5 Å². The van der Waals surface area contributed by atoms with Gasteiger partial charge in [-0.15, -0.1) is 0 Å². The minimum absolute atomic E-state index is 0.0986. The Morgan fingerprint density at radius 3 is 2.46 bits per heavy atom. The molecule has 4 rings (SSSR count). The molecule has 0 spiro atoms. The van der Waals surface area contributed by atoms with Gasteiger partial charge in [0, 0.05) is 5.56 Å². The number of aliphatic hydroxyl groups is 1. The lowest BCUT2D eigenvalue weighted by atomic mass is 9.94. The molecule has 202 valence electrons. The Balaban J connectivity index is 1.88. The Morgan fingerprint density at radius 1 is 1.15 bits per heavy atom. The first kappa shape index (κ1) is 27.6. The summed E-state index contributed by atoms with van der Waals surface area (Å²) in [6, 6.07) is 10.8. The molecule has 3 aromatic rings. The molecule has 2 heterocycles. The summed E-state index contributed by atoms with van der Waals surface area (Å²) >= 11 is 0.953. The van der Waals surface area contributed by atoms with E-state index in [9.17, 15) is 19.5 Å². The molecule has 1 amide bonds. The zero-order valence-electron chi connectivity index (χ0n) is 22.0. The summed E-state index contributed by atoms with van der Waals surface area (Å²) in [7, 11) is 1.53. The van der Waals surface area contributed by atoms with Crippen LogP contribution in [0.25, 0.3) is 5.76 Å². The van der Waals surface area contributed by atoms with Gasteiger partial charge in [-0.2, -0.15) is 0 Å². The van der Waals surface area contributed by atoms with Crippen LogP contribution in [0.4, 0.5) is 5.13 Å². The number of thiazole rings is 1. The quantitative estimate of drug-likeness (QED) is 0.129. The van der Waals surface area contributed by atoms with Gasteiger partial charge < -0.3 is 19.3 Å². The molecule has 0 bridgehead atoms. The standard InChI is InChI=1S/C29H28N2O7S/c1-6-14-38-20-12-13-21(16(3)15-20)24(32)22-23(18-8-10-19(36-5)11-9-18)31(27(34)25(22)33)29-30-17(4)26(39-29)28(35)37-7-2/h6,8-13,15,23,32H,1,7,14H2,2-5H3/t23-/m0/s1. The SMILES string of the molecule is C=CCOc1ccc(C(O)=C2C(=O)C(=O)N(c3nc(C)c(C(=O)OCC)s3)[C@H]2c2ccc(OC)cc2)c(C)c1. The average Bonchev–Trinajstić information content (AvgIpc) is 3.43. The molecule has 9 nitrogen and oxygen atoms in total. The Morgan fingerprint density at radius 2 is 1.85 bits per heavy atom. The number of anilines is 1. The van der Waals surface area contributed by atoms with Crippen LogP contribution in [0.3, 0.4) is 0 Å². The number of benzene rings is 2. The van der Waals surface area contributed by atoms with Crippen molar-refractivity contribution in [3.63, 3.8) is 0 Å². The lowest BCUT2D eigenvalue weighted by Gasteiger charge is -2.23. The Kier molecular flexibility index (Phi) is 8.15. The maximum Gasteiger partial charge on any atom is 0.350 e. The molecule has 1 N–H and O–H groups in total. The summed E-state index contributed by atoms with van der Waals surface area (Å²) in [6.07, 6.45) is 1.62. The summed E-state index contributed by atoms with van der Waals surface area (Å²) < 4.78 is 16.0. The number of hydrogen-bond donors (Lipinski definition) is 1. The van der Waals surface area contributed by atoms with Crippen molar-refractivity contribution in [1.29, 1.82) is 0 Å². The van der Waals surface area contributed by atoms with Crippen molar-refractivity contribution in [2.75, 3.05) is 25.2 Å². The average molecular weight is 549 g/mol. The molecule has 0 saturated carbocycles. The predicted molar refractivity (Wildman–Crippen MR) is 147 cm³/mol. The number of rotatable bonds is 9. The topological polar surface area (TPSA) is 115 Å². The molecular weight excluding hydrogens is 520 g/mol. The normalized spacial score (nSPS) is 16.3. The maximum atomic E-state index is 13.5. The first-order valence-corrected chi connectivity index (χ1v) is 13.0. The summed E-state index contributed by atoms with van der Waals surface area (Å²) in [6.45, 7) is 9.22. The number of aryl methyl sites for hydroxylation is 2. The number of ether oxygens (including phenoxy) is 3. The lowest BCUT2D eigenvalue weighted by Crippen LogP contribution is -2.29. The number of aromatic nitrogens is 1. The fourth-order valence-electron chi connectivity index (χ4n) is 4.29. The van der Waals surface area contributed by atoms with Gasteiger partial charge in [0.25, 0.3) is 5.78 Å². The van der Waals surface area contributed by atoms with Crippen LogP contribution in [-0.4, -0.2) is 48.1 Å². The highest BCUT2D eigenvalue weighted by molar-refractivity contribution is 7.17. The summed E-state index contributed by atoms with van der Waals surface area (Å²) in [5.41, 5.74) is 1.84. The number of Topliss-reactive ketones (excluding diaryl/α,β-unsaturated/α-hetero) is 1. The number of carbonyl (C=O) groups is 3. The molecular formula is C29H28N2O7S. The molecule has 0 unspecified atom stereocenters. The molecule has 1 saturated heterocycles. The Hall–Kier alpha value is -4.44. The summed E-state index contributed by atoms with van der Waals surface area (Å²) in [5.74, 6) is -1.48. The third-order valence-electron chi connectivity index (χ3n) is 6.15. The zero-order chi connectivity index (χ0) is 28.3. The van der Waals surface area contributed by atoms with E-state index in [4.69, 9.17) is 14.2 Å². The van der Waals surface area contributed by atoms with Gasteiger partial charge in [0.15, 0.2) is 5.13 Å². The van der Waals surface area contributed by atoms with Gasteiger partial charge in [-0.1, -0.05) is 36.1 Å². The minimum atomic E-state index is -1.01. The van der Waals surface area contributed by atoms with Crippen molar-refractivity contribution >= 4 is 39.9 Å². The van der Waals surface area contributed by atoms with Crippen molar-refractivity contribution in [2.45, 2.75) is 26.8 Å². The number of amides is 1. The van der Waals surface area contributed by atoms with E-state index in [0.29, 0.717) is 40.5 Å². The van der Waals surface area contributed by atoms with Crippen molar-refractivity contribution in [1.82, 2.24) is 4.98 Å². The van der Waals surface area contributed by atoms with Crippen LogP contribution in [0.1, 0.15) is 45.0 Å². The number of methoxy groups -OCH3 is 1. The van der Waals surface area contributed by atoms with Gasteiger partial charge in [-0.05, 0) is 62.2 Å². The molecule has 1 aliphatic heterocycles. The number of nitrogens with zero attached hydrogens (tertiary/aromatic N) is 2. The summed E-state index contributed by atoms with van der Waals surface area (Å²) in [5, 5.41) is 11.6. The van der Waals surface area contributed by atoms with Gasteiger partial charge in [0.1, 0.15) is 28.7 Å². The number of aliphatic hydroxyl groups excluding tert-OH is 1. The fraction of sp³-hybridized carbons (Fsp3) is 0.241. The highest BCUT2D eigenvalue weighted by atomic mass is 32.1. The highest BCUT2D eigenvalue weighted by Crippen LogP contribution is 2.44. The molecule has 0 radical (unpaired) electrons. The molecule has 0 aliphatic carbocycles.